The number of hydrogen-bond acceptors (Lipinski definition) is 2. The lowest BCUT2D eigenvalue weighted by Gasteiger charge is -2.17. The second kappa shape index (κ2) is 4.84. The predicted molar refractivity (Wildman–Crippen MR) is 62.9 cm³/mol. The molecule has 3 nitrogen and oxygen atoms in total. The fourth-order valence-electron chi connectivity index (χ4n) is 2.39. The number of aromatic carboxylic acids is 1. The average Bonchev–Trinajstić information content (AvgIpc) is 2.75. The summed E-state index contributed by atoms with van der Waals surface area (Å²) in [6.07, 6.45) is -0.404. The second-order valence-electron chi connectivity index (χ2n) is 4.61. The lowest BCUT2D eigenvalue weighted by molar-refractivity contribution is 0.0691. The Hall–Kier alpha value is -1.42. The molecule has 2 rings (SSSR count). The fraction of sp³-hybridized carbons (Fsp3) is 0.462. The molecule has 1 aromatic carbocycles. The molecule has 1 saturated heterocycles. The van der Waals surface area contributed by atoms with Crippen LogP contribution in [0.2, 0.25) is 0 Å². The molecule has 1 aliphatic rings. The minimum absolute atomic E-state index is 0.0783. The van der Waals surface area contributed by atoms with Crippen molar-refractivity contribution in [3.63, 3.8) is 0 Å². The largest absolute Gasteiger partial charge is 0.478 e. The normalized spacial score (nSPS) is 22.6. The number of carbonyl (C=O) groups is 1. The molecule has 0 bridgehead atoms. The summed E-state index contributed by atoms with van der Waals surface area (Å²) in [5, 5.41) is 9.03. The van der Waals surface area contributed by atoms with Crippen LogP contribution in [-0.2, 0) is 0 Å². The van der Waals surface area contributed by atoms with Crippen molar-refractivity contribution in [2.24, 2.45) is 5.92 Å². The van der Waals surface area contributed by atoms with Crippen LogP contribution in [0.15, 0.2) is 24.3 Å². The van der Waals surface area contributed by atoms with Gasteiger partial charge < -0.3 is 10.0 Å². The van der Waals surface area contributed by atoms with Crippen LogP contribution in [0.25, 0.3) is 0 Å². The van der Waals surface area contributed by atoms with Gasteiger partial charge >= 0.3 is 5.97 Å². The van der Waals surface area contributed by atoms with E-state index in [0.717, 1.165) is 13.0 Å². The van der Waals surface area contributed by atoms with E-state index in [4.69, 9.17) is 5.11 Å². The van der Waals surface area contributed by atoms with Gasteiger partial charge in [0.15, 0.2) is 0 Å². The minimum atomic E-state index is -1.19. The lowest BCUT2D eigenvalue weighted by atomic mass is 9.93. The highest BCUT2D eigenvalue weighted by atomic mass is 19.1. The number of likely N-dealkylation sites (tertiary alicyclic amines) is 1. The summed E-state index contributed by atoms with van der Waals surface area (Å²) in [5.41, 5.74) is 0.384. The van der Waals surface area contributed by atoms with Crippen LogP contribution in [0.5, 0.6) is 0 Å². The molecule has 92 valence electrons. The standard InChI is InChI=1S/C13H16FNO2/c1-15-7-6-9(8-15)12(14)10-4-2-3-5-11(10)13(16)17/h2-5,9,12H,6-8H2,1H3,(H,16,17). The van der Waals surface area contributed by atoms with Gasteiger partial charge in [0.05, 0.1) is 5.56 Å². The second-order valence-corrected chi connectivity index (χ2v) is 4.61. The van der Waals surface area contributed by atoms with Gasteiger partial charge in [-0.1, -0.05) is 18.2 Å². The first kappa shape index (κ1) is 12.0. The molecule has 0 radical (unpaired) electrons. The summed E-state index contributed by atoms with van der Waals surface area (Å²) < 4.78 is 14.3. The summed E-state index contributed by atoms with van der Waals surface area (Å²) in [7, 11) is 1.95. The van der Waals surface area contributed by atoms with E-state index in [-0.39, 0.29) is 11.5 Å². The van der Waals surface area contributed by atoms with Crippen molar-refractivity contribution < 1.29 is 14.3 Å². The highest BCUT2D eigenvalue weighted by Crippen LogP contribution is 2.34. The van der Waals surface area contributed by atoms with Crippen LogP contribution < -0.4 is 0 Å². The van der Waals surface area contributed by atoms with Crippen LogP contribution in [-0.4, -0.2) is 36.1 Å². The summed E-state index contributed by atoms with van der Waals surface area (Å²) in [5.74, 6) is -1.16. The Labute approximate surface area is 99.9 Å². The van der Waals surface area contributed by atoms with E-state index in [1.54, 1.807) is 18.2 Å². The van der Waals surface area contributed by atoms with E-state index in [0.29, 0.717) is 12.1 Å². The molecular formula is C13H16FNO2. The Morgan fingerprint density at radius 2 is 2.24 bits per heavy atom. The molecule has 0 aromatic heterocycles. The van der Waals surface area contributed by atoms with E-state index < -0.39 is 12.1 Å². The molecule has 2 unspecified atom stereocenters. The van der Waals surface area contributed by atoms with Gasteiger partial charge in [-0.05, 0) is 26.1 Å². The quantitative estimate of drug-likeness (QED) is 0.877. The Kier molecular flexibility index (Phi) is 3.43. The van der Waals surface area contributed by atoms with Crippen molar-refractivity contribution in [3.05, 3.63) is 35.4 Å². The molecule has 4 heteroatoms. The first-order valence-corrected chi connectivity index (χ1v) is 5.74. The molecule has 17 heavy (non-hydrogen) atoms. The third kappa shape index (κ3) is 2.47. The van der Waals surface area contributed by atoms with Gasteiger partial charge in [0.1, 0.15) is 6.17 Å². The fourth-order valence-corrected chi connectivity index (χ4v) is 2.39. The number of alkyl halides is 1. The number of carboxylic acids is 1. The molecule has 0 spiro atoms. The van der Waals surface area contributed by atoms with Gasteiger partial charge in [-0.15, -0.1) is 0 Å². The van der Waals surface area contributed by atoms with Crippen LogP contribution in [0, 0.1) is 5.92 Å². The summed E-state index contributed by atoms with van der Waals surface area (Å²) in [4.78, 5) is 13.1. The van der Waals surface area contributed by atoms with E-state index in [9.17, 15) is 9.18 Å². The van der Waals surface area contributed by atoms with Gasteiger partial charge in [-0.3, -0.25) is 0 Å². The molecule has 1 N–H and O–H groups in total. The number of halogens is 1. The van der Waals surface area contributed by atoms with Gasteiger partial charge in [0.2, 0.25) is 0 Å². The Balaban J connectivity index is 2.24. The van der Waals surface area contributed by atoms with Crippen molar-refractivity contribution in [2.75, 3.05) is 20.1 Å². The van der Waals surface area contributed by atoms with Crippen LogP contribution in [0.1, 0.15) is 28.5 Å². The van der Waals surface area contributed by atoms with E-state index >= 15 is 0 Å². The van der Waals surface area contributed by atoms with Gasteiger partial charge in [-0.25, -0.2) is 9.18 Å². The van der Waals surface area contributed by atoms with Crippen molar-refractivity contribution in [1.82, 2.24) is 4.90 Å². The highest BCUT2D eigenvalue weighted by molar-refractivity contribution is 5.89. The summed E-state index contributed by atoms with van der Waals surface area (Å²) in [6, 6.07) is 6.35. The third-order valence-corrected chi connectivity index (χ3v) is 3.33. The maximum Gasteiger partial charge on any atom is 0.336 e. The number of rotatable bonds is 3. The topological polar surface area (TPSA) is 40.5 Å². The van der Waals surface area contributed by atoms with Crippen molar-refractivity contribution in [1.29, 1.82) is 0 Å². The summed E-state index contributed by atoms with van der Waals surface area (Å²) in [6.45, 7) is 1.56. The SMILES string of the molecule is CN1CCC(C(F)c2ccccc2C(=O)O)C1. The van der Waals surface area contributed by atoms with Crippen LogP contribution >= 0.6 is 0 Å². The molecule has 1 aliphatic heterocycles. The van der Waals surface area contributed by atoms with Crippen molar-refractivity contribution in [2.45, 2.75) is 12.6 Å². The van der Waals surface area contributed by atoms with Crippen molar-refractivity contribution >= 4 is 5.97 Å². The zero-order valence-corrected chi connectivity index (χ0v) is 9.77. The summed E-state index contributed by atoms with van der Waals surface area (Å²) >= 11 is 0. The van der Waals surface area contributed by atoms with Gasteiger partial charge in [0.25, 0.3) is 0 Å². The van der Waals surface area contributed by atoms with Gasteiger partial charge in [-0.2, -0.15) is 0 Å². The van der Waals surface area contributed by atoms with Gasteiger partial charge in [0, 0.05) is 18.0 Å². The number of nitrogens with zero attached hydrogens (tertiary/aromatic N) is 1. The smallest absolute Gasteiger partial charge is 0.336 e. The highest BCUT2D eigenvalue weighted by Gasteiger charge is 2.31. The molecule has 1 heterocycles. The molecule has 1 aromatic rings. The molecule has 1 fully saturated rings. The zero-order valence-electron chi connectivity index (χ0n) is 9.77. The first-order valence-electron chi connectivity index (χ1n) is 5.74. The molecule has 0 saturated carbocycles. The average molecular weight is 237 g/mol. The lowest BCUT2D eigenvalue weighted by Crippen LogP contribution is -2.18. The Morgan fingerprint density at radius 1 is 1.53 bits per heavy atom. The van der Waals surface area contributed by atoms with Crippen LogP contribution in [0.3, 0.4) is 0 Å². The Bertz CT molecular complexity index is 422. The molecule has 0 amide bonds. The molecular weight excluding hydrogens is 221 g/mol. The zero-order chi connectivity index (χ0) is 12.4. The number of benzene rings is 1. The van der Waals surface area contributed by atoms with Crippen LogP contribution in [0.4, 0.5) is 4.39 Å². The molecule has 0 aliphatic carbocycles. The Morgan fingerprint density at radius 3 is 2.82 bits per heavy atom. The van der Waals surface area contributed by atoms with Crippen molar-refractivity contribution in [3.8, 4) is 0 Å². The maximum atomic E-state index is 14.3. The van der Waals surface area contributed by atoms with E-state index in [2.05, 4.69) is 4.90 Å². The monoisotopic (exact) mass is 237 g/mol. The third-order valence-electron chi connectivity index (χ3n) is 3.33. The number of carboxylic acid groups (broad SMARTS) is 1. The van der Waals surface area contributed by atoms with E-state index in [1.165, 1.54) is 6.07 Å². The molecule has 2 atom stereocenters. The maximum absolute atomic E-state index is 14.3. The predicted octanol–water partition coefficient (Wildman–Crippen LogP) is 2.35. The first-order chi connectivity index (χ1) is 8.09. The number of hydrogen-bond donors (Lipinski definition) is 1. The minimum Gasteiger partial charge on any atom is -0.478 e. The van der Waals surface area contributed by atoms with E-state index in [1.807, 2.05) is 7.05 Å².